The number of hydrogen-bond acceptors (Lipinski definition) is 4. The predicted molar refractivity (Wildman–Crippen MR) is 64.5 cm³/mol. The molecule has 1 saturated heterocycles. The fraction of sp³-hybridized carbons (Fsp3) is 0.667. The molecule has 0 saturated carbocycles. The maximum atomic E-state index is 11.3. The van der Waals surface area contributed by atoms with E-state index >= 15 is 0 Å². The van der Waals surface area contributed by atoms with Crippen molar-refractivity contribution in [2.45, 2.75) is 13.3 Å². The molecule has 1 rings (SSSR count). The molecular weight excluding hydrogens is 220 g/mol. The van der Waals surface area contributed by atoms with Gasteiger partial charge in [0, 0.05) is 39.1 Å². The third kappa shape index (κ3) is 4.56. The number of amides is 1. The molecule has 1 aliphatic heterocycles. The Morgan fingerprint density at radius 3 is 2.47 bits per heavy atom. The summed E-state index contributed by atoms with van der Waals surface area (Å²) in [7, 11) is 0. The predicted octanol–water partition coefficient (Wildman–Crippen LogP) is 0.270. The smallest absolute Gasteiger partial charge is 0.305 e. The monoisotopic (exact) mass is 240 g/mol. The first-order chi connectivity index (χ1) is 8.17. The maximum absolute atomic E-state index is 11.3. The Kier molecular flexibility index (Phi) is 5.69. The van der Waals surface area contributed by atoms with Crippen LogP contribution in [0.2, 0.25) is 0 Å². The van der Waals surface area contributed by atoms with Crippen molar-refractivity contribution in [3.63, 3.8) is 0 Å². The van der Waals surface area contributed by atoms with Gasteiger partial charge in [-0.25, -0.2) is 0 Å². The fourth-order valence-electron chi connectivity index (χ4n) is 1.71. The minimum atomic E-state index is -0.162. The lowest BCUT2D eigenvalue weighted by Gasteiger charge is -2.33. The van der Waals surface area contributed by atoms with Crippen LogP contribution in [0.15, 0.2) is 12.7 Å². The lowest BCUT2D eigenvalue weighted by atomic mass is 10.3. The van der Waals surface area contributed by atoms with E-state index in [1.54, 1.807) is 11.8 Å². The number of piperazine rings is 1. The molecule has 0 spiro atoms. The van der Waals surface area contributed by atoms with Crippen LogP contribution in [0.1, 0.15) is 13.3 Å². The average molecular weight is 240 g/mol. The van der Waals surface area contributed by atoms with Crippen molar-refractivity contribution in [2.24, 2.45) is 0 Å². The normalized spacial score (nSPS) is 16.6. The largest absolute Gasteiger partial charge is 0.464 e. The first kappa shape index (κ1) is 13.7. The molecule has 1 amide bonds. The first-order valence-electron chi connectivity index (χ1n) is 5.96. The quantitative estimate of drug-likeness (QED) is 0.511. The van der Waals surface area contributed by atoms with Crippen molar-refractivity contribution in [1.82, 2.24) is 9.80 Å². The van der Waals surface area contributed by atoms with Crippen LogP contribution in [0.4, 0.5) is 0 Å². The summed E-state index contributed by atoms with van der Waals surface area (Å²) in [5.41, 5.74) is 0. The topological polar surface area (TPSA) is 49.9 Å². The molecule has 0 N–H and O–H groups in total. The molecule has 96 valence electrons. The molecule has 17 heavy (non-hydrogen) atoms. The van der Waals surface area contributed by atoms with Crippen molar-refractivity contribution in [1.29, 1.82) is 0 Å². The van der Waals surface area contributed by atoms with E-state index in [2.05, 4.69) is 11.5 Å². The summed E-state index contributed by atoms with van der Waals surface area (Å²) in [6.07, 6.45) is 1.76. The summed E-state index contributed by atoms with van der Waals surface area (Å²) < 4.78 is 5.01. The molecule has 1 heterocycles. The minimum Gasteiger partial charge on any atom is -0.464 e. The van der Waals surface area contributed by atoms with Crippen LogP contribution in [0.3, 0.4) is 0 Å². The van der Waals surface area contributed by atoms with Gasteiger partial charge in [-0.05, 0) is 6.08 Å². The second-order valence-electron chi connectivity index (χ2n) is 3.95. The summed E-state index contributed by atoms with van der Waals surface area (Å²) in [6.45, 7) is 9.50. The third-order valence-electron chi connectivity index (χ3n) is 2.82. The Morgan fingerprint density at radius 2 is 1.94 bits per heavy atom. The summed E-state index contributed by atoms with van der Waals surface area (Å²) in [5.74, 6) is -0.174. The number of carbonyl (C=O) groups is 2. The number of esters is 1. The van der Waals surface area contributed by atoms with Crippen molar-refractivity contribution >= 4 is 11.9 Å². The Morgan fingerprint density at radius 1 is 1.29 bits per heavy atom. The van der Waals surface area contributed by atoms with Crippen molar-refractivity contribution in [3.8, 4) is 0 Å². The molecule has 1 fully saturated rings. The van der Waals surface area contributed by atoms with Gasteiger partial charge in [-0.15, -0.1) is 0 Å². The van der Waals surface area contributed by atoms with Gasteiger partial charge in [-0.3, -0.25) is 14.5 Å². The summed E-state index contributed by atoms with van der Waals surface area (Å²) in [4.78, 5) is 26.2. The van der Waals surface area contributed by atoms with Gasteiger partial charge in [0.15, 0.2) is 0 Å². The molecule has 0 radical (unpaired) electrons. The lowest BCUT2D eigenvalue weighted by molar-refractivity contribution is -0.143. The maximum Gasteiger partial charge on any atom is 0.305 e. The summed E-state index contributed by atoms with van der Waals surface area (Å²) in [6, 6.07) is 0. The van der Waals surface area contributed by atoms with Gasteiger partial charge in [0.05, 0.1) is 0 Å². The van der Waals surface area contributed by atoms with E-state index in [-0.39, 0.29) is 11.9 Å². The van der Waals surface area contributed by atoms with Gasteiger partial charge >= 0.3 is 5.97 Å². The van der Waals surface area contributed by atoms with Gasteiger partial charge in [0.2, 0.25) is 5.91 Å². The Hall–Kier alpha value is -1.36. The zero-order chi connectivity index (χ0) is 12.7. The third-order valence-corrected chi connectivity index (χ3v) is 2.82. The summed E-state index contributed by atoms with van der Waals surface area (Å²) >= 11 is 0. The van der Waals surface area contributed by atoms with Gasteiger partial charge in [-0.1, -0.05) is 13.5 Å². The first-order valence-corrected chi connectivity index (χ1v) is 5.96. The van der Waals surface area contributed by atoms with E-state index in [1.165, 1.54) is 6.08 Å². The molecule has 0 bridgehead atoms. The van der Waals surface area contributed by atoms with Crippen LogP contribution in [0.25, 0.3) is 0 Å². The number of carbonyl (C=O) groups excluding carboxylic acids is 2. The van der Waals surface area contributed by atoms with Crippen LogP contribution in [-0.4, -0.2) is 61.0 Å². The van der Waals surface area contributed by atoms with E-state index in [0.717, 1.165) is 19.6 Å². The molecule has 0 aliphatic carbocycles. The highest BCUT2D eigenvalue weighted by atomic mass is 16.5. The molecule has 0 aromatic heterocycles. The summed E-state index contributed by atoms with van der Waals surface area (Å²) in [5, 5.41) is 0. The number of rotatable bonds is 5. The molecule has 0 atom stereocenters. The zero-order valence-electron chi connectivity index (χ0n) is 10.4. The molecule has 5 nitrogen and oxygen atoms in total. The number of nitrogens with zero attached hydrogens (tertiary/aromatic N) is 2. The van der Waals surface area contributed by atoms with Crippen molar-refractivity contribution < 1.29 is 14.3 Å². The second-order valence-corrected chi connectivity index (χ2v) is 3.95. The Labute approximate surface area is 102 Å². The highest BCUT2D eigenvalue weighted by Gasteiger charge is 2.18. The Bertz CT molecular complexity index is 283. The van der Waals surface area contributed by atoms with Crippen LogP contribution in [-0.2, 0) is 14.3 Å². The SMILES string of the molecule is C=CC(=O)N1CCN(CCOC(=O)CC)CC1. The van der Waals surface area contributed by atoms with Crippen molar-refractivity contribution in [3.05, 3.63) is 12.7 Å². The van der Waals surface area contributed by atoms with E-state index in [1.807, 2.05) is 0 Å². The zero-order valence-corrected chi connectivity index (χ0v) is 10.4. The van der Waals surface area contributed by atoms with E-state index in [4.69, 9.17) is 4.74 Å². The van der Waals surface area contributed by atoms with Gasteiger partial charge in [0.25, 0.3) is 0 Å². The fourth-order valence-corrected chi connectivity index (χ4v) is 1.71. The molecule has 1 aliphatic rings. The van der Waals surface area contributed by atoms with Crippen LogP contribution >= 0.6 is 0 Å². The van der Waals surface area contributed by atoms with E-state index in [0.29, 0.717) is 26.1 Å². The van der Waals surface area contributed by atoms with Gasteiger partial charge in [-0.2, -0.15) is 0 Å². The van der Waals surface area contributed by atoms with E-state index < -0.39 is 0 Å². The second kappa shape index (κ2) is 7.06. The van der Waals surface area contributed by atoms with Crippen LogP contribution in [0.5, 0.6) is 0 Å². The minimum absolute atomic E-state index is 0.0120. The van der Waals surface area contributed by atoms with Crippen molar-refractivity contribution in [2.75, 3.05) is 39.3 Å². The molecule has 0 aromatic carbocycles. The lowest BCUT2D eigenvalue weighted by Crippen LogP contribution is -2.49. The molecule has 0 unspecified atom stereocenters. The van der Waals surface area contributed by atoms with Crippen LogP contribution < -0.4 is 0 Å². The molecule has 0 aromatic rings. The van der Waals surface area contributed by atoms with E-state index in [9.17, 15) is 9.59 Å². The number of hydrogen-bond donors (Lipinski definition) is 0. The average Bonchev–Trinajstić information content (AvgIpc) is 2.38. The Balaban J connectivity index is 2.17. The molecular formula is C12H20N2O3. The van der Waals surface area contributed by atoms with Crippen LogP contribution in [0, 0.1) is 0 Å². The standard InChI is InChI=1S/C12H20N2O3/c1-3-11(15)14-7-5-13(6-8-14)9-10-17-12(16)4-2/h3H,1,4-10H2,2H3. The van der Waals surface area contributed by atoms with Gasteiger partial charge < -0.3 is 9.64 Å². The number of ether oxygens (including phenoxy) is 1. The van der Waals surface area contributed by atoms with Gasteiger partial charge in [0.1, 0.15) is 6.61 Å². The molecule has 5 heteroatoms. The highest BCUT2D eigenvalue weighted by molar-refractivity contribution is 5.87. The highest BCUT2D eigenvalue weighted by Crippen LogP contribution is 2.02.